The minimum atomic E-state index is 0.0793. The summed E-state index contributed by atoms with van der Waals surface area (Å²) in [6.07, 6.45) is 3.52. The number of aliphatic hydroxyl groups is 1. The van der Waals surface area contributed by atoms with Crippen LogP contribution >= 0.6 is 0 Å². The van der Waals surface area contributed by atoms with E-state index in [0.717, 1.165) is 17.9 Å². The Balaban J connectivity index is 2.51. The molecule has 2 rings (SSSR count). The molecule has 1 N–H and O–H groups in total. The fourth-order valence-electron chi connectivity index (χ4n) is 2.32. The van der Waals surface area contributed by atoms with E-state index in [9.17, 15) is 0 Å². The number of aromatic nitrogens is 2. The summed E-state index contributed by atoms with van der Waals surface area (Å²) in [6, 6.07) is 0.552. The molecular weight excluding hydrogens is 164 g/mol. The predicted octanol–water partition coefficient (Wildman–Crippen LogP) is 1.58. The highest BCUT2D eigenvalue weighted by Gasteiger charge is 2.21. The number of fused-ring (bicyclic) bond motifs is 1. The summed E-state index contributed by atoms with van der Waals surface area (Å²) in [5, 5.41) is 9.12. The normalized spacial score (nSPS) is 21.6. The van der Waals surface area contributed by atoms with Crippen LogP contribution in [0.3, 0.4) is 0 Å². The van der Waals surface area contributed by atoms with Gasteiger partial charge >= 0.3 is 0 Å². The maximum Gasteiger partial charge on any atom is 0.106 e. The second-order valence-electron chi connectivity index (χ2n) is 3.82. The van der Waals surface area contributed by atoms with Gasteiger partial charge in [-0.3, -0.25) is 0 Å². The summed E-state index contributed by atoms with van der Waals surface area (Å²) in [5.41, 5.74) is 2.13. The maximum absolute atomic E-state index is 9.12. The quantitative estimate of drug-likeness (QED) is 0.712. The summed E-state index contributed by atoms with van der Waals surface area (Å²) in [6.45, 7) is 4.32. The Morgan fingerprint density at radius 2 is 2.38 bits per heavy atom. The van der Waals surface area contributed by atoms with E-state index in [4.69, 9.17) is 5.11 Å². The Morgan fingerprint density at radius 3 is 3.08 bits per heavy atom. The molecule has 0 radical (unpaired) electrons. The van der Waals surface area contributed by atoms with Crippen LogP contribution in [0.5, 0.6) is 0 Å². The molecule has 1 aliphatic rings. The Morgan fingerprint density at radius 1 is 1.62 bits per heavy atom. The highest BCUT2D eigenvalue weighted by atomic mass is 16.3. The first-order valence-corrected chi connectivity index (χ1v) is 4.91. The first-order valence-electron chi connectivity index (χ1n) is 4.91. The average Bonchev–Trinajstić information content (AvgIpc) is 2.44. The molecule has 0 saturated carbocycles. The van der Waals surface area contributed by atoms with Crippen LogP contribution in [0.1, 0.15) is 43.0 Å². The van der Waals surface area contributed by atoms with Gasteiger partial charge in [-0.2, -0.15) is 0 Å². The minimum absolute atomic E-state index is 0.0793. The molecule has 2 heterocycles. The summed E-state index contributed by atoms with van der Waals surface area (Å²) in [4.78, 5) is 4.37. The fourth-order valence-corrected chi connectivity index (χ4v) is 2.32. The second-order valence-corrected chi connectivity index (χ2v) is 3.82. The Labute approximate surface area is 78.4 Å². The number of rotatable bonds is 1. The summed E-state index contributed by atoms with van der Waals surface area (Å²) in [5.74, 6) is 1.05. The molecule has 0 bridgehead atoms. The number of nitrogens with zero attached hydrogens (tertiary/aromatic N) is 2. The van der Waals surface area contributed by atoms with Crippen molar-refractivity contribution in [1.29, 1.82) is 0 Å². The Bertz CT molecular complexity index is 317. The van der Waals surface area contributed by atoms with Gasteiger partial charge in [-0.1, -0.05) is 0 Å². The molecule has 1 aromatic rings. The van der Waals surface area contributed by atoms with Crippen LogP contribution in [0.2, 0.25) is 0 Å². The molecular formula is C10H16N2O. The van der Waals surface area contributed by atoms with Crippen molar-refractivity contribution in [3.05, 3.63) is 17.2 Å². The molecule has 0 amide bonds. The Kier molecular flexibility index (Phi) is 2.12. The van der Waals surface area contributed by atoms with Gasteiger partial charge in [0.25, 0.3) is 0 Å². The van der Waals surface area contributed by atoms with Gasteiger partial charge in [0.1, 0.15) is 5.82 Å². The highest BCUT2D eigenvalue weighted by Crippen LogP contribution is 2.28. The number of hydrogen-bond acceptors (Lipinski definition) is 2. The van der Waals surface area contributed by atoms with Crippen molar-refractivity contribution in [2.24, 2.45) is 0 Å². The van der Waals surface area contributed by atoms with Crippen LogP contribution in [-0.2, 0) is 13.0 Å². The molecule has 72 valence electrons. The van der Waals surface area contributed by atoms with Crippen LogP contribution in [0.15, 0.2) is 0 Å². The molecule has 1 aliphatic heterocycles. The van der Waals surface area contributed by atoms with Crippen molar-refractivity contribution in [3.8, 4) is 0 Å². The largest absolute Gasteiger partial charge is 0.390 e. The van der Waals surface area contributed by atoms with Crippen molar-refractivity contribution in [3.63, 3.8) is 0 Å². The van der Waals surface area contributed by atoms with Crippen LogP contribution in [0.4, 0.5) is 0 Å². The molecule has 13 heavy (non-hydrogen) atoms. The standard InChI is InChI=1S/C10H16N2O/c1-7-4-3-5-10-9(6-13)11-8(2)12(7)10/h7,13H,3-6H2,1-2H3. The molecule has 0 fully saturated rings. The molecule has 1 aromatic heterocycles. The predicted molar refractivity (Wildman–Crippen MR) is 50.5 cm³/mol. The highest BCUT2D eigenvalue weighted by molar-refractivity contribution is 5.19. The Hall–Kier alpha value is -0.830. The molecule has 1 atom stereocenters. The van der Waals surface area contributed by atoms with Crippen molar-refractivity contribution in [1.82, 2.24) is 9.55 Å². The average molecular weight is 180 g/mol. The zero-order chi connectivity index (χ0) is 9.42. The van der Waals surface area contributed by atoms with Crippen molar-refractivity contribution in [2.45, 2.75) is 45.8 Å². The van der Waals surface area contributed by atoms with E-state index in [0.29, 0.717) is 6.04 Å². The van der Waals surface area contributed by atoms with Gasteiger partial charge in [0.05, 0.1) is 12.3 Å². The number of hydrogen-bond donors (Lipinski definition) is 1. The van der Waals surface area contributed by atoms with E-state index >= 15 is 0 Å². The van der Waals surface area contributed by atoms with Crippen molar-refractivity contribution in [2.75, 3.05) is 0 Å². The molecule has 0 aromatic carbocycles. The first-order chi connectivity index (χ1) is 6.24. The number of imidazole rings is 1. The smallest absolute Gasteiger partial charge is 0.106 e. The summed E-state index contributed by atoms with van der Waals surface area (Å²) >= 11 is 0. The lowest BCUT2D eigenvalue weighted by atomic mass is 10.0. The van der Waals surface area contributed by atoms with E-state index in [-0.39, 0.29) is 6.61 Å². The lowest BCUT2D eigenvalue weighted by molar-refractivity contribution is 0.274. The van der Waals surface area contributed by atoms with Crippen LogP contribution in [0.25, 0.3) is 0 Å². The van der Waals surface area contributed by atoms with Crippen LogP contribution < -0.4 is 0 Å². The third-order valence-corrected chi connectivity index (χ3v) is 2.90. The van der Waals surface area contributed by atoms with Crippen molar-refractivity contribution >= 4 is 0 Å². The van der Waals surface area contributed by atoms with Gasteiger partial charge in [0, 0.05) is 11.7 Å². The molecule has 0 spiro atoms. The van der Waals surface area contributed by atoms with E-state index in [2.05, 4.69) is 16.5 Å². The van der Waals surface area contributed by atoms with Crippen LogP contribution in [0, 0.1) is 6.92 Å². The molecule has 1 unspecified atom stereocenters. The second kappa shape index (κ2) is 3.14. The van der Waals surface area contributed by atoms with Crippen molar-refractivity contribution < 1.29 is 5.11 Å². The van der Waals surface area contributed by atoms with Gasteiger partial charge in [0.15, 0.2) is 0 Å². The van der Waals surface area contributed by atoms with Gasteiger partial charge in [-0.25, -0.2) is 4.98 Å². The zero-order valence-electron chi connectivity index (χ0n) is 8.25. The molecule has 0 aliphatic carbocycles. The molecule has 3 heteroatoms. The topological polar surface area (TPSA) is 38.1 Å². The third-order valence-electron chi connectivity index (χ3n) is 2.90. The van der Waals surface area contributed by atoms with E-state index in [1.807, 2.05) is 6.92 Å². The number of aryl methyl sites for hydroxylation is 1. The molecule has 0 saturated heterocycles. The minimum Gasteiger partial charge on any atom is -0.390 e. The fraction of sp³-hybridized carbons (Fsp3) is 0.700. The van der Waals surface area contributed by atoms with Crippen LogP contribution in [-0.4, -0.2) is 14.7 Å². The van der Waals surface area contributed by atoms with Gasteiger partial charge in [-0.05, 0) is 33.1 Å². The lowest BCUT2D eigenvalue weighted by Gasteiger charge is -2.23. The van der Waals surface area contributed by atoms with E-state index < -0.39 is 0 Å². The first kappa shape index (κ1) is 8.75. The maximum atomic E-state index is 9.12. The molecule has 3 nitrogen and oxygen atoms in total. The zero-order valence-corrected chi connectivity index (χ0v) is 8.25. The van der Waals surface area contributed by atoms with Gasteiger partial charge < -0.3 is 9.67 Å². The summed E-state index contributed by atoms with van der Waals surface area (Å²) < 4.78 is 2.27. The monoisotopic (exact) mass is 180 g/mol. The SMILES string of the molecule is Cc1nc(CO)c2n1C(C)CCC2. The van der Waals surface area contributed by atoms with E-state index in [1.165, 1.54) is 18.5 Å². The van der Waals surface area contributed by atoms with Gasteiger partial charge in [-0.15, -0.1) is 0 Å². The van der Waals surface area contributed by atoms with Gasteiger partial charge in [0.2, 0.25) is 0 Å². The summed E-state index contributed by atoms with van der Waals surface area (Å²) in [7, 11) is 0. The number of aliphatic hydroxyl groups excluding tert-OH is 1. The van der Waals surface area contributed by atoms with E-state index in [1.54, 1.807) is 0 Å². The third kappa shape index (κ3) is 1.27. The lowest BCUT2D eigenvalue weighted by Crippen LogP contribution is -2.16.